The number of halogens is 4. The zero-order valence-electron chi connectivity index (χ0n) is 11.9. The molecule has 120 valence electrons. The van der Waals surface area contributed by atoms with Crippen molar-refractivity contribution >= 4 is 12.4 Å². The summed E-state index contributed by atoms with van der Waals surface area (Å²) in [5.74, 6) is 0. The Morgan fingerprint density at radius 3 is 2.57 bits per heavy atom. The zero-order valence-corrected chi connectivity index (χ0v) is 12.7. The number of nitrogens with two attached hydrogens (primary N) is 1. The molecule has 2 N–H and O–H groups in total. The van der Waals surface area contributed by atoms with E-state index in [1.807, 2.05) is 0 Å². The van der Waals surface area contributed by atoms with Crippen molar-refractivity contribution in [3.05, 3.63) is 35.4 Å². The first-order valence-electron chi connectivity index (χ1n) is 7.11. The molecule has 1 fully saturated rings. The van der Waals surface area contributed by atoms with Gasteiger partial charge in [-0.1, -0.05) is 24.6 Å². The van der Waals surface area contributed by atoms with Crippen molar-refractivity contribution in [2.75, 3.05) is 13.1 Å². The lowest BCUT2D eigenvalue weighted by atomic mass is 9.97. The van der Waals surface area contributed by atoms with Gasteiger partial charge < -0.3 is 5.73 Å². The van der Waals surface area contributed by atoms with Crippen LogP contribution in [0.5, 0.6) is 0 Å². The summed E-state index contributed by atoms with van der Waals surface area (Å²) < 4.78 is 39.0. The van der Waals surface area contributed by atoms with Gasteiger partial charge in [0.25, 0.3) is 0 Å². The van der Waals surface area contributed by atoms with Gasteiger partial charge in [0.1, 0.15) is 0 Å². The maximum atomic E-state index is 13.0. The molecule has 2 nitrogen and oxygen atoms in total. The number of hydrogen-bond donors (Lipinski definition) is 1. The van der Waals surface area contributed by atoms with Crippen molar-refractivity contribution in [3.8, 4) is 0 Å². The quantitative estimate of drug-likeness (QED) is 0.913. The monoisotopic (exact) mass is 322 g/mol. The van der Waals surface area contributed by atoms with Crippen LogP contribution >= 0.6 is 12.4 Å². The second-order valence-electron chi connectivity index (χ2n) is 5.35. The number of alkyl halides is 3. The van der Waals surface area contributed by atoms with Gasteiger partial charge in [-0.2, -0.15) is 13.2 Å². The van der Waals surface area contributed by atoms with Crippen molar-refractivity contribution < 1.29 is 13.2 Å². The normalized spacial score (nSPS) is 20.1. The van der Waals surface area contributed by atoms with Crippen LogP contribution in [0.15, 0.2) is 24.3 Å². The minimum Gasteiger partial charge on any atom is -0.330 e. The maximum Gasteiger partial charge on any atom is 0.416 e. The fourth-order valence-corrected chi connectivity index (χ4v) is 2.94. The number of likely N-dealkylation sites (tertiary alicyclic amines) is 1. The molecule has 1 aromatic carbocycles. The highest BCUT2D eigenvalue weighted by Crippen LogP contribution is 2.33. The second kappa shape index (κ2) is 8.01. The first-order valence-corrected chi connectivity index (χ1v) is 7.11. The largest absolute Gasteiger partial charge is 0.416 e. The number of rotatable bonds is 4. The summed E-state index contributed by atoms with van der Waals surface area (Å²) in [6.07, 6.45) is -0.202. The molecule has 2 rings (SSSR count). The molecule has 21 heavy (non-hydrogen) atoms. The molecule has 1 heterocycles. The third kappa shape index (κ3) is 4.87. The van der Waals surface area contributed by atoms with E-state index < -0.39 is 11.7 Å². The van der Waals surface area contributed by atoms with Gasteiger partial charge in [0.15, 0.2) is 0 Å². The molecule has 0 amide bonds. The fraction of sp³-hybridized carbons (Fsp3) is 0.600. The van der Waals surface area contributed by atoms with Crippen molar-refractivity contribution in [1.29, 1.82) is 0 Å². The molecule has 6 heteroatoms. The molecular weight excluding hydrogens is 301 g/mol. The SMILES string of the molecule is Cl.NCCC1CCCCN1Cc1ccccc1C(F)(F)F. The smallest absolute Gasteiger partial charge is 0.330 e. The summed E-state index contributed by atoms with van der Waals surface area (Å²) >= 11 is 0. The summed E-state index contributed by atoms with van der Waals surface area (Å²) in [6.45, 7) is 1.80. The van der Waals surface area contributed by atoms with Gasteiger partial charge >= 0.3 is 6.18 Å². The minimum absolute atomic E-state index is 0. The third-order valence-corrected chi connectivity index (χ3v) is 3.95. The Bertz CT molecular complexity index is 435. The molecule has 1 aliphatic heterocycles. The van der Waals surface area contributed by atoms with Crippen LogP contribution in [0.25, 0.3) is 0 Å². The van der Waals surface area contributed by atoms with Crippen LogP contribution in [-0.2, 0) is 12.7 Å². The van der Waals surface area contributed by atoms with Gasteiger partial charge in [-0.05, 0) is 44.0 Å². The molecule has 1 aliphatic rings. The van der Waals surface area contributed by atoms with Crippen LogP contribution in [0.3, 0.4) is 0 Å². The predicted molar refractivity (Wildman–Crippen MR) is 80.4 cm³/mol. The number of hydrogen-bond acceptors (Lipinski definition) is 2. The van der Waals surface area contributed by atoms with Crippen LogP contribution < -0.4 is 5.73 Å². The molecule has 0 aromatic heterocycles. The second-order valence-corrected chi connectivity index (χ2v) is 5.35. The van der Waals surface area contributed by atoms with E-state index in [1.165, 1.54) is 6.07 Å². The van der Waals surface area contributed by atoms with E-state index in [0.717, 1.165) is 38.3 Å². The van der Waals surface area contributed by atoms with Gasteiger partial charge in [-0.25, -0.2) is 0 Å². The molecule has 0 bridgehead atoms. The fourth-order valence-electron chi connectivity index (χ4n) is 2.94. The predicted octanol–water partition coefficient (Wildman–Crippen LogP) is 3.83. The molecular formula is C15H22ClF3N2. The average molecular weight is 323 g/mol. The highest BCUT2D eigenvalue weighted by atomic mass is 35.5. The maximum absolute atomic E-state index is 13.0. The minimum atomic E-state index is -4.28. The zero-order chi connectivity index (χ0) is 14.6. The van der Waals surface area contributed by atoms with Crippen molar-refractivity contribution in [2.45, 2.75) is 44.4 Å². The van der Waals surface area contributed by atoms with Crippen LogP contribution in [-0.4, -0.2) is 24.0 Å². The van der Waals surface area contributed by atoms with Gasteiger partial charge in [-0.15, -0.1) is 12.4 Å². The molecule has 1 saturated heterocycles. The lowest BCUT2D eigenvalue weighted by Gasteiger charge is -2.36. The van der Waals surface area contributed by atoms with Crippen molar-refractivity contribution in [3.63, 3.8) is 0 Å². The first-order chi connectivity index (χ1) is 9.52. The number of benzene rings is 1. The van der Waals surface area contributed by atoms with Gasteiger partial charge in [0.2, 0.25) is 0 Å². The lowest BCUT2D eigenvalue weighted by molar-refractivity contribution is -0.138. The molecule has 0 saturated carbocycles. The molecule has 1 atom stereocenters. The Labute approximate surface area is 129 Å². The molecule has 0 spiro atoms. The summed E-state index contributed by atoms with van der Waals surface area (Å²) in [7, 11) is 0. The highest BCUT2D eigenvalue weighted by molar-refractivity contribution is 5.85. The Kier molecular flexibility index (Phi) is 6.97. The Balaban J connectivity index is 0.00000220. The van der Waals surface area contributed by atoms with Gasteiger partial charge in [0.05, 0.1) is 5.56 Å². The van der Waals surface area contributed by atoms with E-state index >= 15 is 0 Å². The summed E-state index contributed by atoms with van der Waals surface area (Å²) in [6, 6.07) is 6.18. The van der Waals surface area contributed by atoms with Crippen LogP contribution in [0.4, 0.5) is 13.2 Å². The van der Waals surface area contributed by atoms with Crippen LogP contribution in [0.1, 0.15) is 36.8 Å². The summed E-state index contributed by atoms with van der Waals surface area (Å²) in [5, 5.41) is 0. The highest BCUT2D eigenvalue weighted by Gasteiger charge is 2.34. The topological polar surface area (TPSA) is 29.3 Å². The molecule has 0 radical (unpaired) electrons. The Morgan fingerprint density at radius 2 is 1.90 bits per heavy atom. The first kappa shape index (κ1) is 18.3. The van der Waals surface area contributed by atoms with E-state index in [4.69, 9.17) is 5.73 Å². The van der Waals surface area contributed by atoms with E-state index in [1.54, 1.807) is 12.1 Å². The van der Waals surface area contributed by atoms with Crippen LogP contribution in [0, 0.1) is 0 Å². The molecule has 1 unspecified atom stereocenters. The average Bonchev–Trinajstić information content (AvgIpc) is 2.41. The summed E-state index contributed by atoms with van der Waals surface area (Å²) in [5.41, 5.74) is 5.46. The van der Waals surface area contributed by atoms with Gasteiger partial charge in [0, 0.05) is 12.6 Å². The van der Waals surface area contributed by atoms with Crippen molar-refractivity contribution in [2.24, 2.45) is 5.73 Å². The Morgan fingerprint density at radius 1 is 1.19 bits per heavy atom. The number of piperidine rings is 1. The van der Waals surface area contributed by atoms with Gasteiger partial charge in [-0.3, -0.25) is 4.90 Å². The van der Waals surface area contributed by atoms with Crippen LogP contribution in [0.2, 0.25) is 0 Å². The standard InChI is InChI=1S/C15H21F3N2.ClH/c16-15(17,18)14-7-2-1-5-12(14)11-20-10-4-3-6-13(20)8-9-19;/h1-2,5,7,13H,3-4,6,8-11,19H2;1H. The molecule has 0 aliphatic carbocycles. The third-order valence-electron chi connectivity index (χ3n) is 3.95. The van der Waals surface area contributed by atoms with E-state index in [0.29, 0.717) is 24.7 Å². The Hall–Kier alpha value is -0.780. The van der Waals surface area contributed by atoms with E-state index in [2.05, 4.69) is 4.90 Å². The van der Waals surface area contributed by atoms with E-state index in [-0.39, 0.29) is 12.4 Å². The van der Waals surface area contributed by atoms with Crippen molar-refractivity contribution in [1.82, 2.24) is 4.90 Å². The number of nitrogens with zero attached hydrogens (tertiary/aromatic N) is 1. The summed E-state index contributed by atoms with van der Waals surface area (Å²) in [4.78, 5) is 2.15. The lowest BCUT2D eigenvalue weighted by Crippen LogP contribution is -2.40. The van der Waals surface area contributed by atoms with E-state index in [9.17, 15) is 13.2 Å². The molecule has 1 aromatic rings.